The van der Waals surface area contributed by atoms with E-state index in [4.69, 9.17) is 24.8 Å². The highest BCUT2D eigenvalue weighted by molar-refractivity contribution is 4.95. The Bertz CT molecular complexity index is 488. The topological polar surface area (TPSA) is 218 Å². The van der Waals surface area contributed by atoms with Crippen LogP contribution in [0, 0.1) is 0 Å². The van der Waals surface area contributed by atoms with Crippen molar-refractivity contribution in [1.29, 1.82) is 0 Å². The predicted octanol–water partition coefficient (Wildman–Crippen LogP) is -4.08. The molecule has 2 saturated heterocycles. The van der Waals surface area contributed by atoms with Crippen LogP contribution in [-0.2, 0) is 14.2 Å². The van der Waals surface area contributed by atoms with Crippen molar-refractivity contribution in [2.24, 2.45) is 5.11 Å². The van der Waals surface area contributed by atoms with E-state index >= 15 is 0 Å². The van der Waals surface area contributed by atoms with Gasteiger partial charge < -0.3 is 50.0 Å². The molecule has 10 atom stereocenters. The number of hydrogen-bond donors (Lipinski definition) is 7. The van der Waals surface area contributed by atoms with Crippen molar-refractivity contribution >= 4 is 0 Å². The Morgan fingerprint density at radius 3 is 2.04 bits per heavy atom. The first-order valence-electron chi connectivity index (χ1n) is 7.48. The summed E-state index contributed by atoms with van der Waals surface area (Å²) in [6.07, 6.45) is -15.4. The third kappa shape index (κ3) is 4.02. The van der Waals surface area contributed by atoms with Crippen molar-refractivity contribution < 1.29 is 50.0 Å². The number of nitrogens with zero attached hydrogens (tertiary/aromatic N) is 3. The first-order chi connectivity index (χ1) is 11.8. The minimum absolute atomic E-state index is 0.681. The zero-order chi connectivity index (χ0) is 18.7. The molecule has 0 aromatic heterocycles. The first-order valence-corrected chi connectivity index (χ1v) is 7.48. The van der Waals surface area contributed by atoms with E-state index in [2.05, 4.69) is 10.0 Å². The Hall–Kier alpha value is -1.09. The number of hydrogen-bond acceptors (Lipinski definition) is 11. The van der Waals surface area contributed by atoms with Crippen LogP contribution in [0.15, 0.2) is 5.11 Å². The lowest BCUT2D eigenvalue weighted by Crippen LogP contribution is -2.64. The molecule has 25 heavy (non-hydrogen) atoms. The van der Waals surface area contributed by atoms with Gasteiger partial charge in [-0.25, -0.2) is 0 Å². The lowest BCUT2D eigenvalue weighted by Gasteiger charge is -2.45. The largest absolute Gasteiger partial charge is 0.394 e. The van der Waals surface area contributed by atoms with Gasteiger partial charge in [0.25, 0.3) is 0 Å². The molecule has 2 aliphatic heterocycles. The fraction of sp³-hybridized carbons (Fsp3) is 1.00. The summed E-state index contributed by atoms with van der Waals surface area (Å²) in [5.74, 6) is 0. The van der Waals surface area contributed by atoms with Crippen LogP contribution >= 0.6 is 0 Å². The van der Waals surface area contributed by atoms with E-state index in [0.29, 0.717) is 0 Å². The summed E-state index contributed by atoms with van der Waals surface area (Å²) in [4.78, 5) is 2.46. The van der Waals surface area contributed by atoms with E-state index < -0.39 is 74.6 Å². The van der Waals surface area contributed by atoms with Crippen LogP contribution in [0.3, 0.4) is 0 Å². The molecule has 144 valence electrons. The summed E-state index contributed by atoms with van der Waals surface area (Å²) < 4.78 is 15.6. The molecule has 2 fully saturated rings. The van der Waals surface area contributed by atoms with Gasteiger partial charge in [0.15, 0.2) is 12.5 Å². The Morgan fingerprint density at radius 1 is 0.840 bits per heavy atom. The van der Waals surface area contributed by atoms with E-state index in [1.807, 2.05) is 0 Å². The van der Waals surface area contributed by atoms with Gasteiger partial charge in [-0.15, -0.1) is 0 Å². The van der Waals surface area contributed by atoms with Gasteiger partial charge in [0.2, 0.25) is 0 Å². The number of aliphatic hydroxyl groups is 7. The minimum Gasteiger partial charge on any atom is -0.394 e. The fourth-order valence-corrected chi connectivity index (χ4v) is 2.72. The van der Waals surface area contributed by atoms with Crippen molar-refractivity contribution in [3.05, 3.63) is 10.4 Å². The van der Waals surface area contributed by atoms with Gasteiger partial charge in [0.1, 0.15) is 48.8 Å². The molecular weight excluding hydrogens is 346 g/mol. The number of ether oxygens (including phenoxy) is 3. The smallest absolute Gasteiger partial charge is 0.187 e. The number of rotatable bonds is 5. The normalized spacial score (nSPS) is 48.0. The van der Waals surface area contributed by atoms with Crippen molar-refractivity contribution in [2.75, 3.05) is 13.2 Å². The van der Waals surface area contributed by atoms with Gasteiger partial charge in [-0.05, 0) is 5.53 Å². The van der Waals surface area contributed by atoms with Gasteiger partial charge in [-0.1, -0.05) is 5.11 Å². The summed E-state index contributed by atoms with van der Waals surface area (Å²) in [5.41, 5.74) is 8.42. The zero-order valence-electron chi connectivity index (χ0n) is 12.9. The second kappa shape index (κ2) is 8.53. The van der Waals surface area contributed by atoms with E-state index in [1.165, 1.54) is 0 Å². The summed E-state index contributed by atoms with van der Waals surface area (Å²) in [6.45, 7) is -1.37. The highest BCUT2D eigenvalue weighted by atomic mass is 16.7. The highest BCUT2D eigenvalue weighted by Crippen LogP contribution is 2.29. The molecule has 0 aromatic rings. The molecule has 0 bridgehead atoms. The summed E-state index contributed by atoms with van der Waals surface area (Å²) in [5, 5.41) is 71.1. The van der Waals surface area contributed by atoms with Gasteiger partial charge in [0, 0.05) is 4.91 Å². The maximum Gasteiger partial charge on any atom is 0.187 e. The van der Waals surface area contributed by atoms with Crippen LogP contribution in [0.2, 0.25) is 0 Å². The molecule has 0 aliphatic carbocycles. The first kappa shape index (κ1) is 20.2. The Morgan fingerprint density at radius 2 is 1.48 bits per heavy atom. The maximum atomic E-state index is 10.1. The summed E-state index contributed by atoms with van der Waals surface area (Å²) in [6, 6.07) is 0. The Balaban J connectivity index is 2.15. The van der Waals surface area contributed by atoms with E-state index in [-0.39, 0.29) is 0 Å². The molecule has 13 nitrogen and oxygen atoms in total. The van der Waals surface area contributed by atoms with Crippen molar-refractivity contribution in [2.45, 2.75) is 61.3 Å². The van der Waals surface area contributed by atoms with Crippen LogP contribution in [0.5, 0.6) is 0 Å². The highest BCUT2D eigenvalue weighted by Gasteiger charge is 2.50. The van der Waals surface area contributed by atoms with Gasteiger partial charge in [-0.3, -0.25) is 0 Å². The van der Waals surface area contributed by atoms with Crippen LogP contribution in [0.25, 0.3) is 10.4 Å². The Kier molecular flexibility index (Phi) is 6.90. The average Bonchev–Trinajstić information content (AvgIpc) is 2.61. The van der Waals surface area contributed by atoms with Crippen LogP contribution < -0.4 is 0 Å². The molecule has 7 N–H and O–H groups in total. The molecule has 0 amide bonds. The molecular formula is C12H21N3O10. The molecule has 4 unspecified atom stereocenters. The van der Waals surface area contributed by atoms with Crippen molar-refractivity contribution in [1.82, 2.24) is 0 Å². The summed E-state index contributed by atoms with van der Waals surface area (Å²) >= 11 is 0. The quantitative estimate of drug-likeness (QED) is 0.141. The number of aliphatic hydroxyl groups excluding tert-OH is 7. The van der Waals surface area contributed by atoms with Crippen LogP contribution in [-0.4, -0.2) is 110 Å². The minimum atomic E-state index is -1.74. The van der Waals surface area contributed by atoms with Crippen molar-refractivity contribution in [3.8, 4) is 0 Å². The van der Waals surface area contributed by atoms with E-state index in [1.54, 1.807) is 0 Å². The third-order valence-corrected chi connectivity index (χ3v) is 4.14. The zero-order valence-corrected chi connectivity index (χ0v) is 12.9. The van der Waals surface area contributed by atoms with Gasteiger partial charge in [-0.2, -0.15) is 0 Å². The van der Waals surface area contributed by atoms with Crippen LogP contribution in [0.1, 0.15) is 0 Å². The standard InChI is InChI=1S/C12H21N3O10/c13-15-14-11-8(21)7(20)10(4(2-17)23-11)25-12-9(22)6(19)5(18)3(1-16)24-12/h3-12,16-22H,1-2H2/t3?,4?,5-,6?,7?,8+,9+,10-,11+,12-/m0/s1. The molecule has 0 spiro atoms. The molecule has 2 aliphatic rings. The third-order valence-electron chi connectivity index (χ3n) is 4.14. The SMILES string of the molecule is [N-]=[N+]=N[C@@H]1OC(CO)[C@H](O[C@@H]2OC(CO)[C@H](O)C(O)[C@H]2O)C(O)[C@H]1O. The van der Waals surface area contributed by atoms with Crippen molar-refractivity contribution in [3.63, 3.8) is 0 Å². The second-order valence-corrected chi connectivity index (χ2v) is 5.73. The fourth-order valence-electron chi connectivity index (χ4n) is 2.72. The van der Waals surface area contributed by atoms with E-state index in [9.17, 15) is 30.6 Å². The molecule has 0 saturated carbocycles. The van der Waals surface area contributed by atoms with Gasteiger partial charge in [0.05, 0.1) is 13.2 Å². The van der Waals surface area contributed by atoms with Gasteiger partial charge >= 0.3 is 0 Å². The number of azide groups is 1. The molecule has 0 aromatic carbocycles. The second-order valence-electron chi connectivity index (χ2n) is 5.73. The molecule has 0 radical (unpaired) electrons. The molecule has 13 heteroatoms. The maximum absolute atomic E-state index is 10.1. The molecule has 2 rings (SSSR count). The van der Waals surface area contributed by atoms with Crippen LogP contribution in [0.4, 0.5) is 0 Å². The average molecular weight is 367 g/mol. The monoisotopic (exact) mass is 367 g/mol. The lowest BCUT2D eigenvalue weighted by molar-refractivity contribution is -0.341. The van der Waals surface area contributed by atoms with E-state index in [0.717, 1.165) is 0 Å². The Labute approximate surface area is 141 Å². The lowest BCUT2D eigenvalue weighted by atomic mass is 9.96. The predicted molar refractivity (Wildman–Crippen MR) is 75.5 cm³/mol. The summed E-state index contributed by atoms with van der Waals surface area (Å²) in [7, 11) is 0. The molecule has 2 heterocycles.